The van der Waals surface area contributed by atoms with Crippen LogP contribution in [-0.2, 0) is 19.2 Å². The topological polar surface area (TPSA) is 91.4 Å². The van der Waals surface area contributed by atoms with Crippen molar-refractivity contribution in [3.05, 3.63) is 24.0 Å². The molecule has 2 fully saturated rings. The minimum atomic E-state index is -3.16. The fourth-order valence-corrected chi connectivity index (χ4v) is 3.19. The van der Waals surface area contributed by atoms with E-state index >= 15 is 0 Å². The summed E-state index contributed by atoms with van der Waals surface area (Å²) in [6, 6.07) is 4.22. The zero-order chi connectivity index (χ0) is 21.8. The Hall–Kier alpha value is -3.02. The summed E-state index contributed by atoms with van der Waals surface area (Å²) in [5.41, 5.74) is 0.529. The first-order chi connectivity index (χ1) is 14.3. The second-order valence-corrected chi connectivity index (χ2v) is 6.74. The molecule has 1 aromatic carbocycles. The minimum Gasteiger partial charge on any atom is -0.442 e. The summed E-state index contributed by atoms with van der Waals surface area (Å²) in [6.45, 7) is 2.32. The van der Waals surface area contributed by atoms with E-state index in [1.54, 1.807) is 4.90 Å². The molecule has 1 aromatic rings. The van der Waals surface area contributed by atoms with E-state index in [0.717, 1.165) is 4.90 Å². The number of benzene rings is 1. The van der Waals surface area contributed by atoms with Crippen LogP contribution in [-0.4, -0.2) is 74.8 Å². The van der Waals surface area contributed by atoms with Crippen LogP contribution >= 0.6 is 0 Å². The van der Waals surface area contributed by atoms with E-state index in [2.05, 4.69) is 0 Å². The van der Waals surface area contributed by atoms with Gasteiger partial charge in [0.25, 0.3) is 5.91 Å². The molecular formula is C18H21F3N4O5. The molecule has 164 valence electrons. The molecule has 30 heavy (non-hydrogen) atoms. The van der Waals surface area contributed by atoms with Crippen molar-refractivity contribution in [2.45, 2.75) is 19.5 Å². The first-order valence-corrected chi connectivity index (χ1v) is 9.25. The number of cyclic esters (lactones) is 1. The molecule has 0 radical (unpaired) electrons. The van der Waals surface area contributed by atoms with Crippen molar-refractivity contribution in [3.8, 4) is 0 Å². The van der Waals surface area contributed by atoms with Gasteiger partial charge in [0.05, 0.1) is 37.6 Å². The van der Waals surface area contributed by atoms with E-state index in [1.165, 1.54) is 30.2 Å². The molecule has 0 unspecified atom stereocenters. The van der Waals surface area contributed by atoms with Crippen molar-refractivity contribution >= 4 is 29.3 Å². The number of halogens is 3. The maximum Gasteiger partial charge on any atom is 0.414 e. The predicted molar refractivity (Wildman–Crippen MR) is 98.6 cm³/mol. The third kappa shape index (κ3) is 4.93. The molecule has 0 aromatic heterocycles. The number of ether oxygens (including phenoxy) is 1. The van der Waals surface area contributed by atoms with Gasteiger partial charge in [-0.25, -0.2) is 14.2 Å². The Morgan fingerprint density at radius 1 is 1.27 bits per heavy atom. The molecule has 3 amide bonds. The lowest BCUT2D eigenvalue weighted by Crippen LogP contribution is -2.37. The number of rotatable bonds is 5. The van der Waals surface area contributed by atoms with Gasteiger partial charge in [-0.1, -0.05) is 0 Å². The largest absolute Gasteiger partial charge is 0.442 e. The average molecular weight is 430 g/mol. The number of anilines is 2. The van der Waals surface area contributed by atoms with Crippen molar-refractivity contribution in [1.29, 1.82) is 0 Å². The van der Waals surface area contributed by atoms with Gasteiger partial charge in [-0.15, -0.1) is 0 Å². The molecule has 0 saturated carbocycles. The molecule has 2 heterocycles. The average Bonchev–Trinajstić information content (AvgIpc) is 2.90. The second kappa shape index (κ2) is 9.20. The predicted octanol–water partition coefficient (Wildman–Crippen LogP) is 1.13. The zero-order valence-corrected chi connectivity index (χ0v) is 16.1. The van der Waals surface area contributed by atoms with Crippen molar-refractivity contribution in [2.75, 3.05) is 49.1 Å². The van der Waals surface area contributed by atoms with Gasteiger partial charge in [-0.05, 0) is 18.2 Å². The monoisotopic (exact) mass is 430 g/mol. The molecule has 1 atom stereocenters. The summed E-state index contributed by atoms with van der Waals surface area (Å²) < 4.78 is 44.3. The van der Waals surface area contributed by atoms with Crippen LogP contribution in [0.5, 0.6) is 0 Å². The molecule has 12 heteroatoms. The Bertz CT molecular complexity index is 825. The van der Waals surface area contributed by atoms with Crippen LogP contribution in [0.25, 0.3) is 0 Å². The Labute approximate surface area is 170 Å². The van der Waals surface area contributed by atoms with E-state index in [1.807, 2.05) is 5.32 Å². The fraction of sp³-hybridized carbons (Fsp3) is 0.500. The van der Waals surface area contributed by atoms with Crippen LogP contribution in [0.4, 0.5) is 29.3 Å². The summed E-state index contributed by atoms with van der Waals surface area (Å²) in [4.78, 5) is 42.6. The number of hydrogen-bond acceptors (Lipinski definition) is 6. The third-order valence-corrected chi connectivity index (χ3v) is 4.69. The number of carbonyl (C=O) groups excluding carboxylic acids is 3. The molecule has 2 aliphatic rings. The van der Waals surface area contributed by atoms with Gasteiger partial charge in [0.15, 0.2) is 0 Å². The fourth-order valence-electron chi connectivity index (χ4n) is 3.19. The molecule has 2 saturated heterocycles. The van der Waals surface area contributed by atoms with Crippen LogP contribution in [0.15, 0.2) is 18.2 Å². The van der Waals surface area contributed by atoms with Gasteiger partial charge in [-0.2, -0.15) is 8.78 Å². The Kier molecular flexibility index (Phi) is 6.65. The minimum absolute atomic E-state index is 0.0216. The lowest BCUT2D eigenvalue weighted by molar-refractivity contribution is -0.179. The van der Waals surface area contributed by atoms with Gasteiger partial charge in [0, 0.05) is 20.0 Å². The Morgan fingerprint density at radius 2 is 2.03 bits per heavy atom. The lowest BCUT2D eigenvalue weighted by atomic mass is 10.2. The highest BCUT2D eigenvalue weighted by atomic mass is 19.3. The SMILES string of the molecule is CC(=O)N1CCN(c2ccc(N3C[C@H](CNC(=O)C(F)F)OC3=O)cc2F)CCO1. The first kappa shape index (κ1) is 21.7. The normalized spacial score (nSPS) is 19.7. The molecule has 9 nitrogen and oxygen atoms in total. The lowest BCUT2D eigenvalue weighted by Gasteiger charge is -2.23. The number of amides is 3. The van der Waals surface area contributed by atoms with E-state index in [-0.39, 0.29) is 37.8 Å². The molecule has 3 rings (SSSR count). The highest BCUT2D eigenvalue weighted by molar-refractivity contribution is 5.90. The Balaban J connectivity index is 1.64. The molecular weight excluding hydrogens is 409 g/mol. The summed E-state index contributed by atoms with van der Waals surface area (Å²) in [7, 11) is 0. The van der Waals surface area contributed by atoms with Gasteiger partial charge in [0.2, 0.25) is 5.91 Å². The summed E-state index contributed by atoms with van der Waals surface area (Å²) >= 11 is 0. The molecule has 0 spiro atoms. The van der Waals surface area contributed by atoms with Crippen LogP contribution in [0, 0.1) is 5.82 Å². The highest BCUT2D eigenvalue weighted by Gasteiger charge is 2.33. The molecule has 1 N–H and O–H groups in total. The van der Waals surface area contributed by atoms with Crippen molar-refractivity contribution in [3.63, 3.8) is 0 Å². The summed E-state index contributed by atoms with van der Waals surface area (Å²) in [5.74, 6) is -2.27. The number of alkyl halides is 2. The Morgan fingerprint density at radius 3 is 2.70 bits per heavy atom. The number of carbonyl (C=O) groups is 3. The summed E-state index contributed by atoms with van der Waals surface area (Å²) in [6.07, 6.45) is -4.76. The number of nitrogens with one attached hydrogen (secondary N) is 1. The number of nitrogens with zero attached hydrogens (tertiary/aromatic N) is 3. The van der Waals surface area contributed by atoms with Gasteiger partial charge >= 0.3 is 12.5 Å². The van der Waals surface area contributed by atoms with Gasteiger partial charge in [0.1, 0.15) is 11.9 Å². The maximum atomic E-state index is 14.8. The van der Waals surface area contributed by atoms with Crippen molar-refractivity contribution < 1.29 is 37.1 Å². The van der Waals surface area contributed by atoms with Crippen LogP contribution in [0.3, 0.4) is 0 Å². The highest BCUT2D eigenvalue weighted by Crippen LogP contribution is 2.28. The van der Waals surface area contributed by atoms with Gasteiger partial charge in [-0.3, -0.25) is 19.3 Å². The summed E-state index contributed by atoms with van der Waals surface area (Å²) in [5, 5.41) is 3.21. The van der Waals surface area contributed by atoms with Crippen LogP contribution in [0.2, 0.25) is 0 Å². The van der Waals surface area contributed by atoms with E-state index < -0.39 is 30.3 Å². The molecule has 2 aliphatic heterocycles. The van der Waals surface area contributed by atoms with Crippen molar-refractivity contribution in [2.24, 2.45) is 0 Å². The van der Waals surface area contributed by atoms with E-state index in [0.29, 0.717) is 18.8 Å². The second-order valence-electron chi connectivity index (χ2n) is 6.74. The number of hydroxylamine groups is 2. The molecule has 0 aliphatic carbocycles. The third-order valence-electron chi connectivity index (χ3n) is 4.69. The van der Waals surface area contributed by atoms with E-state index in [9.17, 15) is 27.6 Å². The smallest absolute Gasteiger partial charge is 0.414 e. The van der Waals surface area contributed by atoms with Gasteiger partial charge < -0.3 is 15.0 Å². The van der Waals surface area contributed by atoms with Crippen molar-refractivity contribution in [1.82, 2.24) is 10.4 Å². The van der Waals surface area contributed by atoms with Crippen LogP contribution in [0.1, 0.15) is 6.92 Å². The zero-order valence-electron chi connectivity index (χ0n) is 16.1. The standard InChI is InChI=1S/C18H21F3N4O5/c1-11(26)25-5-4-23(6-7-29-25)15-3-2-12(8-14(15)19)24-10-13(30-18(24)28)9-22-17(27)16(20)21/h2-3,8,13,16H,4-7,9-10H2,1H3,(H,22,27)/t13-/m0/s1. The number of hydrogen-bond donors (Lipinski definition) is 1. The maximum absolute atomic E-state index is 14.8. The molecule has 0 bridgehead atoms. The quantitative estimate of drug-likeness (QED) is 0.753. The van der Waals surface area contributed by atoms with Crippen LogP contribution < -0.4 is 15.1 Å². The van der Waals surface area contributed by atoms with E-state index in [4.69, 9.17) is 9.57 Å². The first-order valence-electron chi connectivity index (χ1n) is 9.25.